The average molecular weight is 310 g/mol. The van der Waals surface area contributed by atoms with Crippen LogP contribution in [0.4, 0.5) is 0 Å². The number of fused-ring (bicyclic) bond motifs is 1. The molecule has 0 unspecified atom stereocenters. The Morgan fingerprint density at radius 2 is 2.17 bits per heavy atom. The molecule has 1 aliphatic heterocycles. The molecule has 2 N–H and O–H groups in total. The molecule has 120 valence electrons. The second kappa shape index (κ2) is 5.81. The van der Waals surface area contributed by atoms with Crippen LogP contribution in [-0.2, 0) is 12.8 Å². The predicted octanol–water partition coefficient (Wildman–Crippen LogP) is 1.62. The van der Waals surface area contributed by atoms with Crippen molar-refractivity contribution >= 4 is 5.91 Å². The summed E-state index contributed by atoms with van der Waals surface area (Å²) in [5.41, 5.74) is 5.21. The van der Waals surface area contributed by atoms with Crippen molar-refractivity contribution in [1.29, 1.82) is 0 Å². The van der Waals surface area contributed by atoms with Crippen molar-refractivity contribution in [2.75, 3.05) is 19.6 Å². The number of nitrogens with one attached hydrogen (secondary N) is 2. The number of amides is 1. The molecule has 2 aliphatic rings. The normalized spacial score (nSPS) is 16.9. The van der Waals surface area contributed by atoms with E-state index in [4.69, 9.17) is 0 Å². The molecule has 0 atom stereocenters. The van der Waals surface area contributed by atoms with Crippen molar-refractivity contribution < 1.29 is 4.79 Å². The predicted molar refractivity (Wildman–Crippen MR) is 89.0 cm³/mol. The molecule has 0 spiro atoms. The van der Waals surface area contributed by atoms with E-state index in [-0.39, 0.29) is 5.91 Å². The van der Waals surface area contributed by atoms with Gasteiger partial charge in [0.25, 0.3) is 5.91 Å². The van der Waals surface area contributed by atoms with Gasteiger partial charge in [0.2, 0.25) is 0 Å². The zero-order valence-corrected chi connectivity index (χ0v) is 13.4. The molecule has 2 aromatic rings. The molecule has 2 heterocycles. The highest BCUT2D eigenvalue weighted by atomic mass is 16.2. The van der Waals surface area contributed by atoms with Gasteiger partial charge in [-0.3, -0.25) is 4.79 Å². The lowest BCUT2D eigenvalue weighted by Crippen LogP contribution is -2.48. The van der Waals surface area contributed by atoms with Gasteiger partial charge in [0, 0.05) is 36.8 Å². The summed E-state index contributed by atoms with van der Waals surface area (Å²) in [6.45, 7) is 4.81. The van der Waals surface area contributed by atoms with Crippen LogP contribution in [0.2, 0.25) is 0 Å². The lowest BCUT2D eigenvalue weighted by Gasteiger charge is -2.26. The molecule has 0 bridgehead atoms. The second-order valence-corrected chi connectivity index (χ2v) is 6.56. The molecule has 5 nitrogen and oxygen atoms in total. The first-order valence-corrected chi connectivity index (χ1v) is 8.39. The summed E-state index contributed by atoms with van der Waals surface area (Å²) in [5.74, 6) is 0.535. The molecule has 1 saturated heterocycles. The minimum absolute atomic E-state index is 0.0256. The summed E-state index contributed by atoms with van der Waals surface area (Å²) in [6.07, 6.45) is 3.05. The van der Waals surface area contributed by atoms with Gasteiger partial charge >= 0.3 is 0 Å². The van der Waals surface area contributed by atoms with Gasteiger partial charge < -0.3 is 10.6 Å². The Hall–Kier alpha value is -2.14. The average Bonchev–Trinajstić information content (AvgIpc) is 3.08. The molecule has 0 saturated carbocycles. The Balaban J connectivity index is 1.64. The number of benzene rings is 1. The summed E-state index contributed by atoms with van der Waals surface area (Å²) in [4.78, 5) is 12.6. The van der Waals surface area contributed by atoms with E-state index < -0.39 is 0 Å². The molecule has 1 aromatic carbocycles. The summed E-state index contributed by atoms with van der Waals surface area (Å²) >= 11 is 0. The first kappa shape index (κ1) is 14.5. The fraction of sp³-hybridized carbons (Fsp3) is 0.444. The Labute approximate surface area is 136 Å². The third kappa shape index (κ3) is 2.55. The number of hydrogen-bond acceptors (Lipinski definition) is 3. The van der Waals surface area contributed by atoms with Crippen molar-refractivity contribution in [2.45, 2.75) is 26.2 Å². The standard InChI is InChI=1S/C18H22N4O/c1-12-5-2-3-7-15(12)22-16-8-4-6-14(16)17(21-22)18(23)20-11-13-9-19-10-13/h2-3,5,7,13,19H,4,6,8-11H2,1H3,(H,20,23). The van der Waals surface area contributed by atoms with E-state index in [1.54, 1.807) is 0 Å². The molecular weight excluding hydrogens is 288 g/mol. The van der Waals surface area contributed by atoms with Crippen LogP contribution in [0.3, 0.4) is 0 Å². The summed E-state index contributed by atoms with van der Waals surface area (Å²) in [5, 5.41) is 11.0. The molecular formula is C18H22N4O. The number of nitrogens with zero attached hydrogens (tertiary/aromatic N) is 2. The van der Waals surface area contributed by atoms with Crippen molar-refractivity contribution in [3.8, 4) is 5.69 Å². The molecule has 1 aromatic heterocycles. The number of hydrogen-bond donors (Lipinski definition) is 2. The highest BCUT2D eigenvalue weighted by molar-refractivity contribution is 5.94. The zero-order chi connectivity index (χ0) is 15.8. The summed E-state index contributed by atoms with van der Waals surface area (Å²) in [7, 11) is 0. The number of aromatic nitrogens is 2. The Bertz CT molecular complexity index is 745. The van der Waals surface area contributed by atoms with Crippen LogP contribution in [0.1, 0.15) is 33.7 Å². The molecule has 4 rings (SSSR count). The van der Waals surface area contributed by atoms with Gasteiger partial charge in [0.05, 0.1) is 5.69 Å². The number of carbonyl (C=O) groups is 1. The fourth-order valence-corrected chi connectivity index (χ4v) is 3.43. The van der Waals surface area contributed by atoms with Gasteiger partial charge in [-0.15, -0.1) is 0 Å². The van der Waals surface area contributed by atoms with Gasteiger partial charge in [0.1, 0.15) is 0 Å². The van der Waals surface area contributed by atoms with E-state index in [1.165, 1.54) is 11.3 Å². The third-order valence-corrected chi connectivity index (χ3v) is 4.91. The quantitative estimate of drug-likeness (QED) is 0.902. The van der Waals surface area contributed by atoms with E-state index in [9.17, 15) is 4.79 Å². The van der Waals surface area contributed by atoms with E-state index in [0.717, 1.165) is 50.1 Å². The fourth-order valence-electron chi connectivity index (χ4n) is 3.43. The second-order valence-electron chi connectivity index (χ2n) is 6.56. The smallest absolute Gasteiger partial charge is 0.272 e. The number of para-hydroxylation sites is 1. The molecule has 1 fully saturated rings. The molecule has 5 heteroatoms. The van der Waals surface area contributed by atoms with Gasteiger partial charge in [-0.1, -0.05) is 18.2 Å². The summed E-state index contributed by atoms with van der Waals surface area (Å²) in [6, 6.07) is 8.21. The topological polar surface area (TPSA) is 59.0 Å². The molecule has 1 amide bonds. The highest BCUT2D eigenvalue weighted by Gasteiger charge is 2.28. The maximum absolute atomic E-state index is 12.6. The minimum atomic E-state index is -0.0256. The van der Waals surface area contributed by atoms with E-state index in [2.05, 4.69) is 34.8 Å². The lowest BCUT2D eigenvalue weighted by atomic mass is 10.0. The minimum Gasteiger partial charge on any atom is -0.350 e. The Morgan fingerprint density at radius 1 is 1.35 bits per heavy atom. The van der Waals surface area contributed by atoms with Crippen LogP contribution in [0, 0.1) is 12.8 Å². The number of aryl methyl sites for hydroxylation is 1. The van der Waals surface area contributed by atoms with Crippen LogP contribution in [0.5, 0.6) is 0 Å². The Morgan fingerprint density at radius 3 is 2.91 bits per heavy atom. The van der Waals surface area contributed by atoms with Crippen LogP contribution in [-0.4, -0.2) is 35.3 Å². The SMILES string of the molecule is Cc1ccccc1-n1nc(C(=O)NCC2CNC2)c2c1CCC2. The van der Waals surface area contributed by atoms with Crippen LogP contribution >= 0.6 is 0 Å². The van der Waals surface area contributed by atoms with Crippen LogP contribution < -0.4 is 10.6 Å². The van der Waals surface area contributed by atoms with E-state index in [1.807, 2.05) is 16.8 Å². The van der Waals surface area contributed by atoms with Crippen LogP contribution in [0.15, 0.2) is 24.3 Å². The van der Waals surface area contributed by atoms with E-state index in [0.29, 0.717) is 11.6 Å². The first-order chi connectivity index (χ1) is 11.2. The molecule has 23 heavy (non-hydrogen) atoms. The Kier molecular flexibility index (Phi) is 3.65. The highest BCUT2D eigenvalue weighted by Crippen LogP contribution is 2.28. The van der Waals surface area contributed by atoms with Gasteiger partial charge in [-0.25, -0.2) is 4.68 Å². The molecule has 0 radical (unpaired) electrons. The third-order valence-electron chi connectivity index (χ3n) is 4.91. The van der Waals surface area contributed by atoms with Crippen molar-refractivity contribution in [1.82, 2.24) is 20.4 Å². The van der Waals surface area contributed by atoms with Crippen molar-refractivity contribution in [2.24, 2.45) is 5.92 Å². The van der Waals surface area contributed by atoms with Crippen LogP contribution in [0.25, 0.3) is 5.69 Å². The van der Waals surface area contributed by atoms with Gasteiger partial charge in [0.15, 0.2) is 5.69 Å². The number of rotatable bonds is 4. The number of carbonyl (C=O) groups excluding carboxylic acids is 1. The maximum Gasteiger partial charge on any atom is 0.272 e. The van der Waals surface area contributed by atoms with Crippen molar-refractivity contribution in [3.05, 3.63) is 46.8 Å². The lowest BCUT2D eigenvalue weighted by molar-refractivity contribution is 0.0936. The van der Waals surface area contributed by atoms with Gasteiger partial charge in [-0.2, -0.15) is 5.10 Å². The maximum atomic E-state index is 12.6. The van der Waals surface area contributed by atoms with Gasteiger partial charge in [-0.05, 0) is 37.8 Å². The van der Waals surface area contributed by atoms with E-state index >= 15 is 0 Å². The van der Waals surface area contributed by atoms with Crippen molar-refractivity contribution in [3.63, 3.8) is 0 Å². The summed E-state index contributed by atoms with van der Waals surface area (Å²) < 4.78 is 1.98. The molecule has 1 aliphatic carbocycles. The monoisotopic (exact) mass is 310 g/mol. The largest absolute Gasteiger partial charge is 0.350 e. The zero-order valence-electron chi connectivity index (χ0n) is 13.4. The first-order valence-electron chi connectivity index (χ1n) is 8.39.